The van der Waals surface area contributed by atoms with E-state index < -0.39 is 42.0 Å². The molecule has 200 valence electrons. The zero-order valence-corrected chi connectivity index (χ0v) is 19.1. The number of rotatable bonds is 6. The molecule has 16 heteroatoms. The molecule has 5 rings (SSSR count). The molecule has 1 aliphatic heterocycles. The molecule has 37 heavy (non-hydrogen) atoms. The van der Waals surface area contributed by atoms with E-state index in [0.29, 0.717) is 41.8 Å². The number of benzene rings is 1. The predicted octanol–water partition coefficient (Wildman–Crippen LogP) is 4.81. The van der Waals surface area contributed by atoms with Crippen LogP contribution in [0.3, 0.4) is 0 Å². The number of nitrogens with zero attached hydrogens (tertiary/aromatic N) is 6. The number of hydrogen-bond donors (Lipinski definition) is 1. The summed E-state index contributed by atoms with van der Waals surface area (Å²) in [5, 5.41) is 14.8. The average Bonchev–Trinajstić information content (AvgIpc) is 3.43. The molecule has 2 fully saturated rings. The maximum absolute atomic E-state index is 13.6. The summed E-state index contributed by atoms with van der Waals surface area (Å²) >= 11 is 0. The number of halogens is 7. The second-order valence-electron chi connectivity index (χ2n) is 9.01. The van der Waals surface area contributed by atoms with Crippen LogP contribution in [0.15, 0.2) is 22.6 Å². The molecule has 0 amide bonds. The van der Waals surface area contributed by atoms with Crippen molar-refractivity contribution in [2.24, 2.45) is 11.8 Å². The summed E-state index contributed by atoms with van der Waals surface area (Å²) < 4.78 is 103. The van der Waals surface area contributed by atoms with E-state index in [1.807, 2.05) is 4.90 Å². The topological polar surface area (TPSA) is 94.1 Å². The van der Waals surface area contributed by atoms with Crippen molar-refractivity contribution >= 4 is 12.0 Å². The number of anilines is 2. The Labute approximate surface area is 204 Å². The van der Waals surface area contributed by atoms with Gasteiger partial charge >= 0.3 is 24.4 Å². The van der Waals surface area contributed by atoms with Gasteiger partial charge in [-0.2, -0.15) is 31.3 Å². The summed E-state index contributed by atoms with van der Waals surface area (Å²) in [5.41, 5.74) is -1.62. The molecule has 3 heterocycles. The number of hydrogen-bond acceptors (Lipinski definition) is 8. The number of alkyl halides is 6. The summed E-state index contributed by atoms with van der Waals surface area (Å²) in [7, 11) is 0. The Hall–Kier alpha value is -3.59. The smallest absolute Gasteiger partial charge is 0.419 e. The third-order valence-electron chi connectivity index (χ3n) is 6.33. The van der Waals surface area contributed by atoms with E-state index in [-0.39, 0.29) is 23.8 Å². The molecule has 2 aliphatic rings. The molecule has 1 saturated carbocycles. The fourth-order valence-corrected chi connectivity index (χ4v) is 4.81. The van der Waals surface area contributed by atoms with Crippen molar-refractivity contribution in [3.05, 3.63) is 35.5 Å². The molecule has 0 spiro atoms. The maximum Gasteiger partial charge on any atom is 0.419 e. The van der Waals surface area contributed by atoms with E-state index in [2.05, 4.69) is 25.6 Å². The van der Waals surface area contributed by atoms with Crippen molar-refractivity contribution in [1.82, 2.24) is 25.0 Å². The van der Waals surface area contributed by atoms with Crippen LogP contribution in [0, 0.1) is 24.6 Å². The van der Waals surface area contributed by atoms with Gasteiger partial charge in [0.05, 0.1) is 5.56 Å². The van der Waals surface area contributed by atoms with Crippen molar-refractivity contribution in [1.29, 1.82) is 0 Å². The minimum atomic E-state index is -5.02. The van der Waals surface area contributed by atoms with Gasteiger partial charge < -0.3 is 19.4 Å². The minimum Gasteiger partial charge on any atom is -0.424 e. The molecule has 1 aromatic carbocycles. The van der Waals surface area contributed by atoms with E-state index in [9.17, 15) is 30.7 Å². The molecule has 0 radical (unpaired) electrons. The van der Waals surface area contributed by atoms with Crippen LogP contribution in [0.4, 0.5) is 42.7 Å². The SMILES string of the molecule is Cc1nnc(N2CC3CCC(C2)C3Nc2nc(Oc3ccc(F)c(C(F)(F)F)c3)n(CC(F)(F)F)n2)o1. The van der Waals surface area contributed by atoms with Crippen LogP contribution >= 0.6 is 0 Å². The van der Waals surface area contributed by atoms with E-state index in [0.717, 1.165) is 18.9 Å². The fourth-order valence-electron chi connectivity index (χ4n) is 4.81. The molecule has 1 aliphatic carbocycles. The van der Waals surface area contributed by atoms with Gasteiger partial charge in [0.15, 0.2) is 0 Å². The van der Waals surface area contributed by atoms with Crippen molar-refractivity contribution in [2.75, 3.05) is 23.3 Å². The molecule has 1 saturated heterocycles. The Kier molecular flexibility index (Phi) is 6.14. The van der Waals surface area contributed by atoms with E-state index in [1.54, 1.807) is 6.92 Å². The second kappa shape index (κ2) is 9.06. The Morgan fingerprint density at radius 2 is 1.78 bits per heavy atom. The quantitative estimate of drug-likeness (QED) is 0.450. The normalized spacial score (nSPS) is 21.9. The van der Waals surface area contributed by atoms with Crippen LogP contribution in [0.25, 0.3) is 0 Å². The number of aryl methyl sites for hydroxylation is 1. The summed E-state index contributed by atoms with van der Waals surface area (Å²) in [6.45, 7) is 1.22. The first kappa shape index (κ1) is 25.1. The van der Waals surface area contributed by atoms with Crippen molar-refractivity contribution < 1.29 is 39.9 Å². The molecular formula is C21H20F7N7O2. The van der Waals surface area contributed by atoms with Gasteiger partial charge in [0, 0.05) is 26.1 Å². The van der Waals surface area contributed by atoms with Crippen LogP contribution in [0.5, 0.6) is 11.8 Å². The number of ether oxygens (including phenoxy) is 1. The van der Waals surface area contributed by atoms with Crippen LogP contribution in [0.1, 0.15) is 24.3 Å². The summed E-state index contributed by atoms with van der Waals surface area (Å²) in [4.78, 5) is 5.92. The summed E-state index contributed by atoms with van der Waals surface area (Å²) in [6, 6.07) is 1.26. The molecule has 9 nitrogen and oxygen atoms in total. The number of nitrogens with one attached hydrogen (secondary N) is 1. The molecule has 2 bridgehead atoms. The lowest BCUT2D eigenvalue weighted by atomic mass is 9.92. The van der Waals surface area contributed by atoms with Crippen LogP contribution < -0.4 is 15.0 Å². The van der Waals surface area contributed by atoms with Gasteiger partial charge in [-0.15, -0.1) is 10.2 Å². The maximum atomic E-state index is 13.6. The van der Waals surface area contributed by atoms with Crippen molar-refractivity contribution in [2.45, 2.75) is 44.7 Å². The highest BCUT2D eigenvalue weighted by molar-refractivity contribution is 5.36. The Bertz CT molecular complexity index is 1260. The Morgan fingerprint density at radius 3 is 2.38 bits per heavy atom. The first-order valence-corrected chi connectivity index (χ1v) is 11.2. The largest absolute Gasteiger partial charge is 0.424 e. The van der Waals surface area contributed by atoms with Gasteiger partial charge in [-0.25, -0.2) is 9.07 Å². The zero-order valence-electron chi connectivity index (χ0n) is 19.1. The van der Waals surface area contributed by atoms with Gasteiger partial charge in [-0.3, -0.25) is 0 Å². The lowest BCUT2D eigenvalue weighted by molar-refractivity contribution is -0.143. The summed E-state index contributed by atoms with van der Waals surface area (Å²) in [6.07, 6.45) is -8.05. The first-order valence-electron chi connectivity index (χ1n) is 11.2. The number of aromatic nitrogens is 5. The molecule has 2 unspecified atom stereocenters. The lowest BCUT2D eigenvalue weighted by Gasteiger charge is -2.37. The van der Waals surface area contributed by atoms with Crippen LogP contribution in [-0.2, 0) is 12.7 Å². The Morgan fingerprint density at radius 1 is 1.08 bits per heavy atom. The average molecular weight is 535 g/mol. The predicted molar refractivity (Wildman–Crippen MR) is 112 cm³/mol. The van der Waals surface area contributed by atoms with E-state index >= 15 is 0 Å². The first-order chi connectivity index (χ1) is 17.4. The van der Waals surface area contributed by atoms with Gasteiger partial charge in [-0.05, 0) is 42.9 Å². The van der Waals surface area contributed by atoms with Crippen molar-refractivity contribution in [3.63, 3.8) is 0 Å². The monoisotopic (exact) mass is 535 g/mol. The van der Waals surface area contributed by atoms with Gasteiger partial charge in [0.2, 0.25) is 11.8 Å². The van der Waals surface area contributed by atoms with Crippen molar-refractivity contribution in [3.8, 4) is 11.8 Å². The number of fused-ring (bicyclic) bond motifs is 2. The molecule has 3 aromatic rings. The van der Waals surface area contributed by atoms with E-state index in [1.165, 1.54) is 0 Å². The highest BCUT2D eigenvalue weighted by Gasteiger charge is 2.44. The van der Waals surface area contributed by atoms with Crippen LogP contribution in [-0.4, -0.2) is 50.3 Å². The number of piperidine rings is 1. The highest BCUT2D eigenvalue weighted by Crippen LogP contribution is 2.40. The molecule has 1 N–H and O–H groups in total. The van der Waals surface area contributed by atoms with Gasteiger partial charge in [-0.1, -0.05) is 5.10 Å². The third kappa shape index (κ3) is 5.41. The minimum absolute atomic E-state index is 0.0799. The fraction of sp³-hybridized carbons (Fsp3) is 0.524. The zero-order chi connectivity index (χ0) is 26.5. The highest BCUT2D eigenvalue weighted by atomic mass is 19.4. The Balaban J connectivity index is 1.36. The second-order valence-corrected chi connectivity index (χ2v) is 9.01. The standard InChI is InChI=1S/C21H20F7N7O2/c1-10-31-32-19(36-10)34-7-11-2-3-12(8-34)16(11)29-17-30-18(35(33-17)9-20(23,24)25)37-13-4-5-15(22)14(6-13)21(26,27)28/h4-6,11-12,16H,2-3,7-9H2,1H3,(H,29,33). The van der Waals surface area contributed by atoms with Gasteiger partial charge in [0.25, 0.3) is 0 Å². The third-order valence-corrected chi connectivity index (χ3v) is 6.33. The molecule has 2 aromatic heterocycles. The summed E-state index contributed by atoms with van der Waals surface area (Å²) in [5.74, 6) is -1.66. The van der Waals surface area contributed by atoms with Crippen LogP contribution in [0.2, 0.25) is 0 Å². The molecular weight excluding hydrogens is 515 g/mol. The lowest BCUT2D eigenvalue weighted by Crippen LogP contribution is -2.48. The van der Waals surface area contributed by atoms with E-state index in [4.69, 9.17) is 9.15 Å². The van der Waals surface area contributed by atoms with Gasteiger partial charge in [0.1, 0.15) is 18.1 Å². The molecule has 2 atom stereocenters.